The number of piperidine rings is 2. The van der Waals surface area contributed by atoms with Crippen LogP contribution in [0.4, 0.5) is 4.39 Å². The summed E-state index contributed by atoms with van der Waals surface area (Å²) in [7, 11) is 0. The molecular weight excluding hydrogens is 407 g/mol. The van der Waals surface area contributed by atoms with Crippen LogP contribution < -0.4 is 0 Å². The largest absolute Gasteiger partial charge is 0.343 e. The maximum Gasteiger partial charge on any atom is 0.229 e. The Kier molecular flexibility index (Phi) is 6.53. The Balaban J connectivity index is 1.58. The molecule has 2 saturated heterocycles. The molecule has 1 atom stereocenters. The van der Waals surface area contributed by atoms with Crippen molar-refractivity contribution in [3.8, 4) is 0 Å². The van der Waals surface area contributed by atoms with Gasteiger partial charge >= 0.3 is 0 Å². The molecule has 32 heavy (non-hydrogen) atoms. The van der Waals surface area contributed by atoms with Crippen LogP contribution in [0.3, 0.4) is 0 Å². The number of hydrogen-bond donors (Lipinski definition) is 0. The van der Waals surface area contributed by atoms with Crippen molar-refractivity contribution in [3.63, 3.8) is 0 Å². The van der Waals surface area contributed by atoms with Gasteiger partial charge in [-0.25, -0.2) is 4.39 Å². The number of aryl methyl sites for hydroxylation is 1. The van der Waals surface area contributed by atoms with E-state index in [-0.39, 0.29) is 23.5 Å². The van der Waals surface area contributed by atoms with Gasteiger partial charge < -0.3 is 9.80 Å². The third-order valence-corrected chi connectivity index (χ3v) is 7.01. The fraction of sp³-hybridized carbons (Fsp3) is 0.520. The zero-order valence-corrected chi connectivity index (χ0v) is 18.9. The molecule has 1 aromatic carbocycles. The van der Waals surface area contributed by atoms with Crippen molar-refractivity contribution < 1.29 is 14.0 Å². The Morgan fingerprint density at radius 1 is 1.12 bits per heavy atom. The zero-order valence-electron chi connectivity index (χ0n) is 18.9. The molecule has 2 fully saturated rings. The minimum Gasteiger partial charge on any atom is -0.343 e. The van der Waals surface area contributed by atoms with Crippen molar-refractivity contribution in [2.45, 2.75) is 51.9 Å². The summed E-state index contributed by atoms with van der Waals surface area (Å²) in [5.41, 5.74) is 1.67. The molecule has 1 aromatic heterocycles. The predicted molar refractivity (Wildman–Crippen MR) is 119 cm³/mol. The number of aromatic nitrogens is 2. The monoisotopic (exact) mass is 438 g/mol. The van der Waals surface area contributed by atoms with Gasteiger partial charge in [-0.05, 0) is 50.7 Å². The topological polar surface area (TPSA) is 66.4 Å². The van der Waals surface area contributed by atoms with Crippen LogP contribution >= 0.6 is 0 Å². The van der Waals surface area contributed by atoms with Crippen molar-refractivity contribution in [1.29, 1.82) is 0 Å². The molecule has 3 heterocycles. The number of benzene rings is 1. The average molecular weight is 439 g/mol. The van der Waals surface area contributed by atoms with E-state index < -0.39 is 5.41 Å². The number of amides is 2. The molecule has 2 aliphatic rings. The Morgan fingerprint density at radius 2 is 1.88 bits per heavy atom. The number of carbonyl (C=O) groups excluding carboxylic acids is 2. The lowest BCUT2D eigenvalue weighted by molar-refractivity contribution is -0.149. The Morgan fingerprint density at radius 3 is 2.56 bits per heavy atom. The van der Waals surface area contributed by atoms with E-state index in [1.807, 2.05) is 17.9 Å². The molecule has 7 heteroatoms. The van der Waals surface area contributed by atoms with Crippen molar-refractivity contribution in [2.24, 2.45) is 5.41 Å². The van der Waals surface area contributed by atoms with Crippen molar-refractivity contribution in [1.82, 2.24) is 19.8 Å². The third kappa shape index (κ3) is 4.66. The first-order valence-electron chi connectivity index (χ1n) is 11.4. The maximum atomic E-state index is 14.5. The first-order valence-corrected chi connectivity index (χ1v) is 11.4. The molecule has 4 rings (SSSR count). The van der Waals surface area contributed by atoms with Crippen LogP contribution in [0.2, 0.25) is 0 Å². The molecule has 2 amide bonds. The van der Waals surface area contributed by atoms with Crippen LogP contribution in [0.25, 0.3) is 0 Å². The van der Waals surface area contributed by atoms with Crippen molar-refractivity contribution >= 4 is 11.8 Å². The summed E-state index contributed by atoms with van der Waals surface area (Å²) in [5.74, 6) is -0.0228. The SMILES string of the molecule is CC(=O)N1CCC(Cc2ccccc2F)(C(=O)N2CCC[C@@H](c3cncc(C)n3)C2)CC1. The number of hydrogen-bond acceptors (Lipinski definition) is 4. The van der Waals surface area contributed by atoms with Gasteiger partial charge in [0.1, 0.15) is 5.82 Å². The van der Waals surface area contributed by atoms with E-state index in [0.717, 1.165) is 24.2 Å². The fourth-order valence-corrected chi connectivity index (χ4v) is 5.14. The zero-order chi connectivity index (χ0) is 22.7. The Labute approximate surface area is 188 Å². The van der Waals surface area contributed by atoms with Gasteiger partial charge in [0.15, 0.2) is 0 Å². The molecule has 170 valence electrons. The highest BCUT2D eigenvalue weighted by atomic mass is 19.1. The first kappa shape index (κ1) is 22.4. The second-order valence-corrected chi connectivity index (χ2v) is 9.23. The first-order chi connectivity index (χ1) is 15.4. The lowest BCUT2D eigenvalue weighted by atomic mass is 9.72. The molecular formula is C25H31FN4O2. The third-order valence-electron chi connectivity index (χ3n) is 7.01. The van der Waals surface area contributed by atoms with Gasteiger partial charge in [0, 0.05) is 51.4 Å². The van der Waals surface area contributed by atoms with Crippen molar-refractivity contribution in [3.05, 3.63) is 59.4 Å². The van der Waals surface area contributed by atoms with Crippen LogP contribution in [0.5, 0.6) is 0 Å². The molecule has 0 unspecified atom stereocenters. The highest BCUT2D eigenvalue weighted by Crippen LogP contribution is 2.39. The molecule has 0 bridgehead atoms. The molecule has 6 nitrogen and oxygen atoms in total. The molecule has 0 radical (unpaired) electrons. The number of rotatable bonds is 4. The lowest BCUT2D eigenvalue weighted by Crippen LogP contribution is -2.54. The maximum absolute atomic E-state index is 14.5. The molecule has 0 saturated carbocycles. The molecule has 0 N–H and O–H groups in total. The van der Waals surface area contributed by atoms with Crippen LogP contribution in [0.1, 0.15) is 55.5 Å². The number of carbonyl (C=O) groups is 2. The van der Waals surface area contributed by atoms with E-state index in [1.165, 1.54) is 6.07 Å². The van der Waals surface area contributed by atoms with Gasteiger partial charge in [-0.15, -0.1) is 0 Å². The smallest absolute Gasteiger partial charge is 0.229 e. The van der Waals surface area contributed by atoms with Crippen LogP contribution in [-0.4, -0.2) is 57.8 Å². The van der Waals surface area contributed by atoms with Gasteiger partial charge in [0.25, 0.3) is 0 Å². The van der Waals surface area contributed by atoms with Gasteiger partial charge in [0.2, 0.25) is 11.8 Å². The van der Waals surface area contributed by atoms with E-state index >= 15 is 0 Å². The highest BCUT2D eigenvalue weighted by molar-refractivity contribution is 5.84. The van der Waals surface area contributed by atoms with E-state index in [4.69, 9.17) is 0 Å². The van der Waals surface area contributed by atoms with Gasteiger partial charge in [-0.3, -0.25) is 19.6 Å². The summed E-state index contributed by atoms with van der Waals surface area (Å²) in [6, 6.07) is 6.70. The van der Waals surface area contributed by atoms with Crippen LogP contribution in [0.15, 0.2) is 36.7 Å². The van der Waals surface area contributed by atoms with E-state index in [9.17, 15) is 14.0 Å². The summed E-state index contributed by atoms with van der Waals surface area (Å²) in [4.78, 5) is 38.5. The summed E-state index contributed by atoms with van der Waals surface area (Å²) in [6.07, 6.45) is 6.86. The standard InChI is InChI=1S/C25H31FN4O2/c1-18-15-27-16-23(28-18)21-7-5-11-30(17-21)24(32)25(9-12-29(13-10-25)19(2)31)14-20-6-3-4-8-22(20)26/h3-4,6,8,15-16,21H,5,7,9-14,17H2,1-2H3/t21-/m1/s1. The molecule has 0 aliphatic carbocycles. The Bertz CT molecular complexity index is 987. The summed E-state index contributed by atoms with van der Waals surface area (Å²) >= 11 is 0. The minimum atomic E-state index is -0.700. The summed E-state index contributed by atoms with van der Waals surface area (Å²) in [6.45, 7) is 5.83. The minimum absolute atomic E-state index is 0.0213. The summed E-state index contributed by atoms with van der Waals surface area (Å²) in [5, 5.41) is 0. The highest BCUT2D eigenvalue weighted by Gasteiger charge is 2.45. The Hall–Kier alpha value is -2.83. The van der Waals surface area contributed by atoms with Crippen LogP contribution in [-0.2, 0) is 16.0 Å². The second-order valence-electron chi connectivity index (χ2n) is 9.23. The van der Waals surface area contributed by atoms with Crippen LogP contribution in [0, 0.1) is 18.2 Å². The van der Waals surface area contributed by atoms with E-state index in [1.54, 1.807) is 36.4 Å². The second kappa shape index (κ2) is 9.35. The molecule has 2 aromatic rings. The summed E-state index contributed by atoms with van der Waals surface area (Å²) < 4.78 is 14.5. The van der Waals surface area contributed by atoms with Gasteiger partial charge in [-0.2, -0.15) is 0 Å². The number of halogens is 1. The van der Waals surface area contributed by atoms with Gasteiger partial charge in [0.05, 0.1) is 16.8 Å². The van der Waals surface area contributed by atoms with Gasteiger partial charge in [-0.1, -0.05) is 18.2 Å². The van der Waals surface area contributed by atoms with E-state index in [0.29, 0.717) is 51.0 Å². The fourth-order valence-electron chi connectivity index (χ4n) is 5.14. The number of nitrogens with zero attached hydrogens (tertiary/aromatic N) is 4. The molecule has 2 aliphatic heterocycles. The average Bonchev–Trinajstić information content (AvgIpc) is 2.80. The van der Waals surface area contributed by atoms with Crippen molar-refractivity contribution in [2.75, 3.05) is 26.2 Å². The van der Waals surface area contributed by atoms with E-state index in [2.05, 4.69) is 9.97 Å². The quantitative estimate of drug-likeness (QED) is 0.733. The molecule has 0 spiro atoms. The number of likely N-dealkylation sites (tertiary alicyclic amines) is 2. The lowest BCUT2D eigenvalue weighted by Gasteiger charge is -2.45. The normalized spacial score (nSPS) is 20.8. The predicted octanol–water partition coefficient (Wildman–Crippen LogP) is 3.50.